The molecule has 1 aromatic heterocycles. The maximum absolute atomic E-state index is 12.1. The molecule has 2 heterocycles. The minimum absolute atomic E-state index is 0.137. The molecule has 42 heavy (non-hydrogen) atoms. The third kappa shape index (κ3) is 5.90. The highest BCUT2D eigenvalue weighted by Crippen LogP contribution is 2.43. The van der Waals surface area contributed by atoms with E-state index in [9.17, 15) is 9.90 Å². The average Bonchev–Trinajstić information content (AvgIpc) is 3.36. The van der Waals surface area contributed by atoms with Gasteiger partial charge in [-0.2, -0.15) is 5.10 Å². The quantitative estimate of drug-likeness (QED) is 0.231. The molecule has 0 amide bonds. The number of aromatic carboxylic acids is 1. The van der Waals surface area contributed by atoms with Crippen molar-refractivity contribution < 1.29 is 14.6 Å². The van der Waals surface area contributed by atoms with E-state index in [1.54, 1.807) is 6.07 Å². The molecule has 0 radical (unpaired) electrons. The SMILES string of the molecule is Cc1[nH]nc2cccc(Oc3cc(N4CCN(CC5=C(c6ccc(Cl)cc6)CC(C)(C)CC5)CC4)ccc3C(=O)O)c12. The fourth-order valence-corrected chi connectivity index (χ4v) is 6.39. The molecular weight excluding hydrogens is 548 g/mol. The Morgan fingerprint density at radius 2 is 1.81 bits per heavy atom. The van der Waals surface area contributed by atoms with Crippen molar-refractivity contribution in [3.63, 3.8) is 0 Å². The van der Waals surface area contributed by atoms with E-state index in [1.165, 1.54) is 23.1 Å². The van der Waals surface area contributed by atoms with Gasteiger partial charge in [0, 0.05) is 55.2 Å². The Morgan fingerprint density at radius 1 is 1.05 bits per heavy atom. The summed E-state index contributed by atoms with van der Waals surface area (Å²) in [6.07, 6.45) is 3.39. The molecule has 1 aliphatic carbocycles. The molecule has 218 valence electrons. The number of hydrogen-bond donors (Lipinski definition) is 2. The van der Waals surface area contributed by atoms with Crippen LogP contribution in [-0.4, -0.2) is 58.9 Å². The van der Waals surface area contributed by atoms with Gasteiger partial charge in [0.25, 0.3) is 0 Å². The number of fused-ring (bicyclic) bond motifs is 1. The predicted octanol–water partition coefficient (Wildman–Crippen LogP) is 7.80. The number of allylic oxidation sites excluding steroid dienone is 1. The standard InChI is InChI=1S/C34H37ClN4O3/c1-22-32-29(37-36-22)5-4-6-30(32)42-31-19-26(11-12-27(31)33(40)41)39-17-15-38(16-18-39)21-24-13-14-34(2,3)20-28(24)23-7-9-25(35)10-8-23/h4-12,19H,13-18,20-21H2,1-3H3,(H,36,37)(H,40,41). The molecule has 1 aliphatic heterocycles. The third-order valence-corrected chi connectivity index (χ3v) is 8.92. The molecule has 0 saturated carbocycles. The summed E-state index contributed by atoms with van der Waals surface area (Å²) >= 11 is 6.19. The number of aryl methyl sites for hydroxylation is 1. The second kappa shape index (κ2) is 11.5. The lowest BCUT2D eigenvalue weighted by Crippen LogP contribution is -2.47. The molecule has 0 unspecified atom stereocenters. The van der Waals surface area contributed by atoms with Crippen molar-refractivity contribution in [2.45, 2.75) is 40.0 Å². The van der Waals surface area contributed by atoms with Crippen LogP contribution in [0.1, 0.15) is 54.7 Å². The molecule has 0 atom stereocenters. The van der Waals surface area contributed by atoms with Crippen molar-refractivity contribution in [2.75, 3.05) is 37.6 Å². The van der Waals surface area contributed by atoms with Gasteiger partial charge in [0.15, 0.2) is 0 Å². The zero-order valence-electron chi connectivity index (χ0n) is 24.4. The van der Waals surface area contributed by atoms with Crippen molar-refractivity contribution in [2.24, 2.45) is 5.41 Å². The van der Waals surface area contributed by atoms with Crippen LogP contribution in [0.15, 0.2) is 66.2 Å². The number of carbonyl (C=O) groups is 1. The Labute approximate surface area is 251 Å². The smallest absolute Gasteiger partial charge is 0.339 e. The Hall–Kier alpha value is -3.81. The number of aromatic amines is 1. The summed E-state index contributed by atoms with van der Waals surface area (Å²) in [4.78, 5) is 16.9. The molecule has 8 heteroatoms. The predicted molar refractivity (Wildman–Crippen MR) is 169 cm³/mol. The average molecular weight is 585 g/mol. The number of nitrogens with zero attached hydrogens (tertiary/aromatic N) is 3. The van der Waals surface area contributed by atoms with Crippen LogP contribution in [0.3, 0.4) is 0 Å². The van der Waals surface area contributed by atoms with Gasteiger partial charge in [-0.25, -0.2) is 4.79 Å². The largest absolute Gasteiger partial charge is 0.478 e. The molecule has 6 rings (SSSR count). The van der Waals surface area contributed by atoms with E-state index in [4.69, 9.17) is 16.3 Å². The number of piperazine rings is 1. The molecule has 2 aliphatic rings. The van der Waals surface area contributed by atoms with Crippen LogP contribution < -0.4 is 9.64 Å². The van der Waals surface area contributed by atoms with Gasteiger partial charge in [-0.15, -0.1) is 0 Å². The number of carboxylic acids is 1. The molecule has 1 fully saturated rings. The van der Waals surface area contributed by atoms with Gasteiger partial charge >= 0.3 is 5.97 Å². The Kier molecular flexibility index (Phi) is 7.73. The van der Waals surface area contributed by atoms with Gasteiger partial charge < -0.3 is 14.7 Å². The molecule has 4 aromatic rings. The van der Waals surface area contributed by atoms with Crippen LogP contribution in [0.4, 0.5) is 5.69 Å². The maximum atomic E-state index is 12.1. The number of aromatic nitrogens is 2. The van der Waals surface area contributed by atoms with E-state index in [-0.39, 0.29) is 5.56 Å². The van der Waals surface area contributed by atoms with Crippen LogP contribution in [-0.2, 0) is 0 Å². The second-order valence-electron chi connectivity index (χ2n) is 12.3. The van der Waals surface area contributed by atoms with Crippen LogP contribution in [0.5, 0.6) is 11.5 Å². The fraction of sp³-hybridized carbons (Fsp3) is 0.353. The number of rotatable bonds is 7. The first-order valence-electron chi connectivity index (χ1n) is 14.6. The molecule has 0 bridgehead atoms. The number of ether oxygens (including phenoxy) is 1. The lowest BCUT2D eigenvalue weighted by atomic mass is 9.72. The topological polar surface area (TPSA) is 81.7 Å². The zero-order chi connectivity index (χ0) is 29.4. The third-order valence-electron chi connectivity index (χ3n) is 8.67. The van der Waals surface area contributed by atoms with E-state index in [0.29, 0.717) is 16.9 Å². The van der Waals surface area contributed by atoms with Crippen molar-refractivity contribution >= 4 is 39.7 Å². The highest BCUT2D eigenvalue weighted by molar-refractivity contribution is 6.30. The monoisotopic (exact) mass is 584 g/mol. The van der Waals surface area contributed by atoms with E-state index >= 15 is 0 Å². The highest BCUT2D eigenvalue weighted by Gasteiger charge is 2.29. The van der Waals surface area contributed by atoms with Crippen LogP contribution in [0.25, 0.3) is 16.5 Å². The number of hydrogen-bond acceptors (Lipinski definition) is 5. The highest BCUT2D eigenvalue weighted by atomic mass is 35.5. The molecule has 0 spiro atoms. The van der Waals surface area contributed by atoms with Gasteiger partial charge in [0.1, 0.15) is 17.1 Å². The van der Waals surface area contributed by atoms with Gasteiger partial charge in [0.05, 0.1) is 10.9 Å². The van der Waals surface area contributed by atoms with Gasteiger partial charge in [-0.3, -0.25) is 10.00 Å². The van der Waals surface area contributed by atoms with Crippen molar-refractivity contribution in [3.8, 4) is 11.5 Å². The molecular formula is C34H37ClN4O3. The minimum atomic E-state index is -1.02. The summed E-state index contributed by atoms with van der Waals surface area (Å²) in [7, 11) is 0. The number of H-pyrrole nitrogens is 1. The van der Waals surface area contributed by atoms with Gasteiger partial charge in [-0.1, -0.05) is 49.2 Å². The Bertz CT molecular complexity index is 1650. The molecule has 3 aromatic carbocycles. The van der Waals surface area contributed by atoms with Gasteiger partial charge in [-0.05, 0) is 79.1 Å². The minimum Gasteiger partial charge on any atom is -0.478 e. The maximum Gasteiger partial charge on any atom is 0.339 e. The van der Waals surface area contributed by atoms with Crippen LogP contribution >= 0.6 is 11.6 Å². The van der Waals surface area contributed by atoms with Crippen molar-refractivity contribution in [1.29, 1.82) is 0 Å². The lowest BCUT2D eigenvalue weighted by molar-refractivity contribution is 0.0694. The first-order valence-corrected chi connectivity index (χ1v) is 15.0. The fourth-order valence-electron chi connectivity index (χ4n) is 6.26. The van der Waals surface area contributed by atoms with E-state index < -0.39 is 5.97 Å². The van der Waals surface area contributed by atoms with E-state index in [1.807, 2.05) is 49.4 Å². The van der Waals surface area contributed by atoms with E-state index in [2.05, 4.69) is 46.0 Å². The van der Waals surface area contributed by atoms with Crippen LogP contribution in [0, 0.1) is 12.3 Å². The molecule has 7 nitrogen and oxygen atoms in total. The Balaban J connectivity index is 1.19. The summed E-state index contributed by atoms with van der Waals surface area (Å²) < 4.78 is 6.26. The summed E-state index contributed by atoms with van der Waals surface area (Å²) in [5.41, 5.74) is 7.35. The summed E-state index contributed by atoms with van der Waals surface area (Å²) in [6.45, 7) is 11.2. The number of benzene rings is 3. The summed E-state index contributed by atoms with van der Waals surface area (Å²) in [6, 6.07) is 19.3. The summed E-state index contributed by atoms with van der Waals surface area (Å²) in [5, 5.41) is 18.8. The molecule has 2 N–H and O–H groups in total. The second-order valence-corrected chi connectivity index (χ2v) is 12.7. The van der Waals surface area contributed by atoms with Crippen molar-refractivity contribution in [3.05, 3.63) is 88.1 Å². The van der Waals surface area contributed by atoms with E-state index in [0.717, 1.165) is 72.9 Å². The summed E-state index contributed by atoms with van der Waals surface area (Å²) in [5.74, 6) is -0.0976. The number of anilines is 1. The van der Waals surface area contributed by atoms with Crippen molar-refractivity contribution in [1.82, 2.24) is 15.1 Å². The van der Waals surface area contributed by atoms with Crippen LogP contribution in [0.2, 0.25) is 5.02 Å². The number of halogens is 1. The Morgan fingerprint density at radius 3 is 2.55 bits per heavy atom. The first kappa shape index (κ1) is 28.3. The number of carboxylic acid groups (broad SMARTS) is 1. The molecule has 1 saturated heterocycles. The lowest BCUT2D eigenvalue weighted by Gasteiger charge is -2.39. The first-order chi connectivity index (χ1) is 20.2. The zero-order valence-corrected chi connectivity index (χ0v) is 25.2. The normalized spacial score (nSPS) is 17.6. The van der Waals surface area contributed by atoms with Gasteiger partial charge in [0.2, 0.25) is 0 Å². The number of nitrogens with one attached hydrogen (secondary N) is 1.